The summed E-state index contributed by atoms with van der Waals surface area (Å²) in [5.74, 6) is 0.757. The molecule has 0 radical (unpaired) electrons. The van der Waals surface area contributed by atoms with E-state index in [2.05, 4.69) is 76.3 Å². The van der Waals surface area contributed by atoms with Gasteiger partial charge in [-0.2, -0.15) is 0 Å². The molecular weight excluding hydrogens is 256 g/mol. The first-order valence-electron chi connectivity index (χ1n) is 8.26. The van der Waals surface area contributed by atoms with Crippen molar-refractivity contribution in [3.05, 3.63) is 35.4 Å². The molecule has 118 valence electrons. The van der Waals surface area contributed by atoms with E-state index in [0.29, 0.717) is 17.5 Å². The number of benzene rings is 1. The fourth-order valence-corrected chi connectivity index (χ4v) is 3.58. The number of hydrogen-bond donors (Lipinski definition) is 1. The fraction of sp³-hybridized carbons (Fsp3) is 0.684. The zero-order chi connectivity index (χ0) is 15.6. The molecule has 1 aliphatic rings. The van der Waals surface area contributed by atoms with E-state index in [0.717, 1.165) is 12.5 Å². The monoisotopic (exact) mass is 288 g/mol. The first-order chi connectivity index (χ1) is 9.79. The van der Waals surface area contributed by atoms with Gasteiger partial charge in [0.1, 0.15) is 0 Å². The van der Waals surface area contributed by atoms with Crippen molar-refractivity contribution in [1.29, 1.82) is 0 Å². The minimum absolute atomic E-state index is 0.303. The van der Waals surface area contributed by atoms with Crippen LogP contribution in [0.1, 0.15) is 50.7 Å². The van der Waals surface area contributed by atoms with Gasteiger partial charge in [-0.1, -0.05) is 38.1 Å². The average molecular weight is 288 g/mol. The lowest BCUT2D eigenvalue weighted by Gasteiger charge is -2.43. The van der Waals surface area contributed by atoms with E-state index in [9.17, 15) is 0 Å². The highest BCUT2D eigenvalue weighted by Crippen LogP contribution is 2.39. The molecule has 1 N–H and O–H groups in total. The average Bonchev–Trinajstić information content (AvgIpc) is 2.32. The molecule has 1 aliphatic carbocycles. The SMILES string of the molecule is Cc1ccccc1C1CC(N[C@@H](C)C(C)(C)CN(C)C)C1. The number of aryl methyl sites for hydroxylation is 1. The molecule has 0 unspecified atom stereocenters. The maximum atomic E-state index is 3.85. The Bertz CT molecular complexity index is 458. The van der Waals surface area contributed by atoms with Gasteiger partial charge in [0.15, 0.2) is 0 Å². The van der Waals surface area contributed by atoms with Gasteiger partial charge in [0.05, 0.1) is 0 Å². The summed E-state index contributed by atoms with van der Waals surface area (Å²) in [4.78, 5) is 2.29. The third-order valence-corrected chi connectivity index (χ3v) is 5.15. The first-order valence-corrected chi connectivity index (χ1v) is 8.26. The van der Waals surface area contributed by atoms with Gasteiger partial charge in [0.25, 0.3) is 0 Å². The Morgan fingerprint density at radius 2 is 1.86 bits per heavy atom. The molecular formula is C19H32N2. The van der Waals surface area contributed by atoms with Crippen LogP contribution in [-0.2, 0) is 0 Å². The van der Waals surface area contributed by atoms with Crippen LogP contribution < -0.4 is 5.32 Å². The molecule has 1 aromatic rings. The van der Waals surface area contributed by atoms with Crippen molar-refractivity contribution in [2.45, 2.75) is 58.5 Å². The fourth-order valence-electron chi connectivity index (χ4n) is 3.58. The van der Waals surface area contributed by atoms with Gasteiger partial charge in [-0.3, -0.25) is 0 Å². The molecule has 2 rings (SSSR count). The highest BCUT2D eigenvalue weighted by Gasteiger charge is 2.35. The lowest BCUT2D eigenvalue weighted by atomic mass is 9.73. The molecule has 0 spiro atoms. The van der Waals surface area contributed by atoms with E-state index in [1.54, 1.807) is 5.56 Å². The van der Waals surface area contributed by atoms with Crippen LogP contribution in [0.5, 0.6) is 0 Å². The minimum atomic E-state index is 0.303. The Morgan fingerprint density at radius 3 is 2.43 bits per heavy atom. The predicted molar refractivity (Wildman–Crippen MR) is 91.9 cm³/mol. The Balaban J connectivity index is 1.84. The summed E-state index contributed by atoms with van der Waals surface area (Å²) in [6.45, 7) is 10.4. The summed E-state index contributed by atoms with van der Waals surface area (Å²) < 4.78 is 0. The van der Waals surface area contributed by atoms with Crippen molar-refractivity contribution in [2.75, 3.05) is 20.6 Å². The number of nitrogens with zero attached hydrogens (tertiary/aromatic N) is 1. The Hall–Kier alpha value is -0.860. The molecule has 1 atom stereocenters. The van der Waals surface area contributed by atoms with Crippen molar-refractivity contribution >= 4 is 0 Å². The normalized spacial score (nSPS) is 24.0. The van der Waals surface area contributed by atoms with E-state index in [4.69, 9.17) is 0 Å². The number of rotatable bonds is 6. The van der Waals surface area contributed by atoms with Crippen molar-refractivity contribution in [3.63, 3.8) is 0 Å². The molecule has 2 nitrogen and oxygen atoms in total. The lowest BCUT2D eigenvalue weighted by Crippen LogP contribution is -2.52. The summed E-state index contributed by atoms with van der Waals surface area (Å²) in [5.41, 5.74) is 3.30. The summed E-state index contributed by atoms with van der Waals surface area (Å²) in [6.07, 6.45) is 2.57. The second-order valence-corrected chi connectivity index (χ2v) is 7.84. The van der Waals surface area contributed by atoms with E-state index >= 15 is 0 Å². The highest BCUT2D eigenvalue weighted by atomic mass is 15.1. The summed E-state index contributed by atoms with van der Waals surface area (Å²) >= 11 is 0. The molecule has 1 fully saturated rings. The summed E-state index contributed by atoms with van der Waals surface area (Å²) in [5, 5.41) is 3.85. The molecule has 0 amide bonds. The second kappa shape index (κ2) is 6.50. The van der Waals surface area contributed by atoms with Crippen molar-refractivity contribution in [3.8, 4) is 0 Å². The first kappa shape index (κ1) is 16.5. The van der Waals surface area contributed by atoms with Gasteiger partial charge in [-0.05, 0) is 63.2 Å². The van der Waals surface area contributed by atoms with Crippen LogP contribution in [0.25, 0.3) is 0 Å². The Morgan fingerprint density at radius 1 is 1.24 bits per heavy atom. The van der Waals surface area contributed by atoms with Crippen molar-refractivity contribution < 1.29 is 0 Å². The number of hydrogen-bond acceptors (Lipinski definition) is 2. The van der Waals surface area contributed by atoms with E-state index < -0.39 is 0 Å². The molecule has 1 saturated carbocycles. The predicted octanol–water partition coefficient (Wildman–Crippen LogP) is 3.81. The quantitative estimate of drug-likeness (QED) is 0.856. The van der Waals surface area contributed by atoms with E-state index in [-0.39, 0.29) is 0 Å². The summed E-state index contributed by atoms with van der Waals surface area (Å²) in [6, 6.07) is 10.1. The molecule has 0 bridgehead atoms. The maximum absolute atomic E-state index is 3.85. The van der Waals surface area contributed by atoms with Crippen LogP contribution in [0.2, 0.25) is 0 Å². The highest BCUT2D eigenvalue weighted by molar-refractivity contribution is 5.31. The van der Waals surface area contributed by atoms with Crippen LogP contribution in [0.4, 0.5) is 0 Å². The standard InChI is InChI=1S/C19H32N2/c1-14-9-7-8-10-18(14)16-11-17(12-16)20-15(2)19(3,4)13-21(5)6/h7-10,15-17,20H,11-13H2,1-6H3/t15-,16?,17?/m0/s1. The van der Waals surface area contributed by atoms with Gasteiger partial charge in [-0.25, -0.2) is 0 Å². The van der Waals surface area contributed by atoms with Gasteiger partial charge >= 0.3 is 0 Å². The smallest absolute Gasteiger partial charge is 0.0105 e. The third-order valence-electron chi connectivity index (χ3n) is 5.15. The molecule has 0 aliphatic heterocycles. The van der Waals surface area contributed by atoms with Gasteiger partial charge < -0.3 is 10.2 Å². The van der Waals surface area contributed by atoms with E-state index in [1.165, 1.54) is 18.4 Å². The summed E-state index contributed by atoms with van der Waals surface area (Å²) in [7, 11) is 4.32. The Labute approximate surface area is 130 Å². The zero-order valence-corrected chi connectivity index (χ0v) is 14.6. The molecule has 2 heteroatoms. The lowest BCUT2D eigenvalue weighted by molar-refractivity contribution is 0.151. The largest absolute Gasteiger partial charge is 0.311 e. The van der Waals surface area contributed by atoms with Crippen LogP contribution in [0.15, 0.2) is 24.3 Å². The minimum Gasteiger partial charge on any atom is -0.311 e. The van der Waals surface area contributed by atoms with Crippen LogP contribution in [0, 0.1) is 12.3 Å². The van der Waals surface area contributed by atoms with Gasteiger partial charge in [0.2, 0.25) is 0 Å². The Kier molecular flexibility index (Phi) is 5.11. The molecule has 0 aromatic heterocycles. The second-order valence-electron chi connectivity index (χ2n) is 7.84. The van der Waals surface area contributed by atoms with Gasteiger partial charge in [0, 0.05) is 18.6 Å². The van der Waals surface area contributed by atoms with Gasteiger partial charge in [-0.15, -0.1) is 0 Å². The van der Waals surface area contributed by atoms with Crippen molar-refractivity contribution in [1.82, 2.24) is 10.2 Å². The zero-order valence-electron chi connectivity index (χ0n) is 14.6. The van der Waals surface area contributed by atoms with Crippen LogP contribution in [0.3, 0.4) is 0 Å². The van der Waals surface area contributed by atoms with Crippen LogP contribution >= 0.6 is 0 Å². The maximum Gasteiger partial charge on any atom is 0.0105 e. The molecule has 21 heavy (non-hydrogen) atoms. The molecule has 0 saturated heterocycles. The molecule has 1 aromatic carbocycles. The van der Waals surface area contributed by atoms with E-state index in [1.807, 2.05) is 0 Å². The third kappa shape index (κ3) is 4.08. The van der Waals surface area contributed by atoms with Crippen molar-refractivity contribution in [2.24, 2.45) is 5.41 Å². The number of nitrogens with one attached hydrogen (secondary N) is 1. The molecule has 0 heterocycles. The topological polar surface area (TPSA) is 15.3 Å². The van der Waals surface area contributed by atoms with Crippen LogP contribution in [-0.4, -0.2) is 37.6 Å².